The summed E-state index contributed by atoms with van der Waals surface area (Å²) in [6.07, 6.45) is 25.3. The summed E-state index contributed by atoms with van der Waals surface area (Å²) in [6, 6.07) is 0. The van der Waals surface area contributed by atoms with Crippen LogP contribution < -0.4 is 4.89 Å². The SMILES string of the molecule is C#CCOC/C(C)=C/CC/C(C)=C/CC/C(C)=C/COP(=O)(O)OP(=O)([O-])O.CCCC[N+](CCCC)(CCCC)CCCC. The maximum atomic E-state index is 11.3. The van der Waals surface area contributed by atoms with Gasteiger partial charge in [0.1, 0.15) is 6.61 Å². The molecular weight excluding hydrogens is 612 g/mol. The van der Waals surface area contributed by atoms with Crippen LogP contribution in [-0.2, 0) is 22.7 Å². The molecule has 0 amide bonds. The number of terminal acetylenes is 1. The van der Waals surface area contributed by atoms with Crippen LogP contribution in [0.5, 0.6) is 0 Å². The molecule has 0 aliphatic heterocycles. The minimum absolute atomic E-state index is 0.311. The molecular formula is C34H65NO8P2. The van der Waals surface area contributed by atoms with Crippen molar-refractivity contribution in [2.75, 3.05) is 46.0 Å². The van der Waals surface area contributed by atoms with Crippen molar-refractivity contribution in [1.29, 1.82) is 0 Å². The van der Waals surface area contributed by atoms with E-state index in [9.17, 15) is 14.0 Å². The third kappa shape index (κ3) is 30.1. The first-order valence-electron chi connectivity index (χ1n) is 16.7. The number of phosphoric ester groups is 1. The van der Waals surface area contributed by atoms with E-state index in [1.54, 1.807) is 6.08 Å². The van der Waals surface area contributed by atoms with Gasteiger partial charge in [-0.2, -0.15) is 0 Å². The largest absolute Gasteiger partial charge is 0.756 e. The second-order valence-corrected chi connectivity index (χ2v) is 14.7. The number of rotatable bonds is 26. The lowest BCUT2D eigenvalue weighted by atomic mass is 10.1. The van der Waals surface area contributed by atoms with E-state index in [0.717, 1.165) is 30.4 Å². The average Bonchev–Trinajstić information content (AvgIpc) is 2.95. The molecule has 264 valence electrons. The van der Waals surface area contributed by atoms with Crippen LogP contribution in [0.1, 0.15) is 126 Å². The molecule has 0 rings (SSSR count). The molecule has 9 nitrogen and oxygen atoms in total. The van der Waals surface area contributed by atoms with Gasteiger partial charge in [-0.1, -0.05) is 94.2 Å². The standard InChI is InChI=1S/C18H30O8P2.C16H36N/c1-5-13-24-15-18(4)11-7-9-16(2)8-6-10-17(3)12-14-25-28(22,23)26-27(19,20)21;1-5-9-13-17(14-10-6-2,15-11-7-3)16-12-8-4/h1,8,11-12H,6-7,9-10,13-15H2,2-4H3,(H,22,23)(H2,19,20,21);5-16H2,1-4H3/q;+1/p-1/b16-8+,17-12+,18-11+;. The first kappa shape index (κ1) is 46.1. The molecule has 2 unspecified atom stereocenters. The molecule has 0 radical (unpaired) electrons. The minimum atomic E-state index is -5.34. The minimum Gasteiger partial charge on any atom is -0.756 e. The van der Waals surface area contributed by atoms with Crippen LogP contribution in [0.15, 0.2) is 34.9 Å². The van der Waals surface area contributed by atoms with Gasteiger partial charge in [-0.05, 0) is 72.1 Å². The summed E-state index contributed by atoms with van der Waals surface area (Å²) in [7, 11) is -10.2. The lowest BCUT2D eigenvalue weighted by molar-refractivity contribution is -0.929. The van der Waals surface area contributed by atoms with Crippen molar-refractivity contribution in [1.82, 2.24) is 0 Å². The Morgan fingerprint density at radius 1 is 0.778 bits per heavy atom. The third-order valence-corrected chi connectivity index (χ3v) is 9.52. The summed E-state index contributed by atoms with van der Waals surface area (Å²) in [5.41, 5.74) is 3.29. The molecule has 0 spiro atoms. The highest BCUT2D eigenvalue weighted by Crippen LogP contribution is 2.55. The third-order valence-electron chi connectivity index (χ3n) is 7.40. The summed E-state index contributed by atoms with van der Waals surface area (Å²) in [5.74, 6) is 2.42. The molecule has 0 aromatic carbocycles. The van der Waals surface area contributed by atoms with Crippen LogP contribution in [0, 0.1) is 12.3 Å². The van der Waals surface area contributed by atoms with Crippen LogP contribution in [-0.4, -0.2) is 60.3 Å². The van der Waals surface area contributed by atoms with Gasteiger partial charge in [-0.15, -0.1) is 6.42 Å². The molecule has 0 saturated heterocycles. The quantitative estimate of drug-likeness (QED) is 0.0307. The number of ether oxygens (including phenoxy) is 1. The van der Waals surface area contributed by atoms with Crippen molar-refractivity contribution >= 4 is 15.6 Å². The molecule has 0 aromatic rings. The summed E-state index contributed by atoms with van der Waals surface area (Å²) < 4.78 is 36.4. The van der Waals surface area contributed by atoms with Gasteiger partial charge in [-0.3, -0.25) is 9.09 Å². The summed E-state index contributed by atoms with van der Waals surface area (Å²) in [6.45, 7) is 21.4. The van der Waals surface area contributed by atoms with Gasteiger partial charge >= 0.3 is 7.82 Å². The molecule has 0 aromatic heterocycles. The van der Waals surface area contributed by atoms with Gasteiger partial charge in [0.15, 0.2) is 0 Å². The highest BCUT2D eigenvalue weighted by atomic mass is 31.3. The van der Waals surface area contributed by atoms with Crippen LogP contribution in [0.2, 0.25) is 0 Å². The van der Waals surface area contributed by atoms with Crippen LogP contribution >= 0.6 is 15.6 Å². The smallest absolute Gasteiger partial charge is 0.479 e. The van der Waals surface area contributed by atoms with Crippen molar-refractivity contribution in [3.8, 4) is 12.3 Å². The van der Waals surface area contributed by atoms with Gasteiger partial charge in [0, 0.05) is 0 Å². The van der Waals surface area contributed by atoms with Crippen LogP contribution in [0.25, 0.3) is 0 Å². The molecule has 0 aliphatic rings. The van der Waals surface area contributed by atoms with Crippen LogP contribution in [0.3, 0.4) is 0 Å². The van der Waals surface area contributed by atoms with Crippen molar-refractivity contribution in [2.24, 2.45) is 0 Å². The zero-order valence-corrected chi connectivity index (χ0v) is 31.2. The van der Waals surface area contributed by atoms with E-state index in [1.807, 2.05) is 13.8 Å². The highest BCUT2D eigenvalue weighted by Gasteiger charge is 2.26. The molecule has 0 heterocycles. The Kier molecular flexibility index (Phi) is 28.7. The number of unbranched alkanes of at least 4 members (excludes halogenated alkanes) is 4. The average molecular weight is 678 g/mol. The number of hydrogen-bond acceptors (Lipinski definition) is 6. The fraction of sp³-hybridized carbons (Fsp3) is 0.765. The van der Waals surface area contributed by atoms with Gasteiger partial charge in [0.25, 0.3) is 7.82 Å². The summed E-state index contributed by atoms with van der Waals surface area (Å²) in [5, 5.41) is 0. The first-order chi connectivity index (χ1) is 21.2. The lowest BCUT2D eigenvalue weighted by Gasteiger charge is -2.39. The van der Waals surface area contributed by atoms with Gasteiger partial charge in [0.05, 0.1) is 39.4 Å². The van der Waals surface area contributed by atoms with Crippen molar-refractivity contribution < 1.29 is 41.9 Å². The number of nitrogens with zero attached hydrogens (tertiary/aromatic N) is 1. The molecule has 0 fully saturated rings. The molecule has 45 heavy (non-hydrogen) atoms. The zero-order valence-electron chi connectivity index (χ0n) is 29.4. The summed E-state index contributed by atoms with van der Waals surface area (Å²) in [4.78, 5) is 27.9. The van der Waals surface area contributed by atoms with E-state index < -0.39 is 15.6 Å². The molecule has 11 heteroatoms. The van der Waals surface area contributed by atoms with Gasteiger partial charge in [-0.25, -0.2) is 8.88 Å². The highest BCUT2D eigenvalue weighted by molar-refractivity contribution is 7.60. The maximum absolute atomic E-state index is 11.3. The van der Waals surface area contributed by atoms with E-state index >= 15 is 0 Å². The second kappa shape index (κ2) is 28.0. The van der Waals surface area contributed by atoms with Gasteiger partial charge < -0.3 is 23.9 Å². The second-order valence-electron chi connectivity index (χ2n) is 11.9. The fourth-order valence-electron chi connectivity index (χ4n) is 4.70. The lowest BCUT2D eigenvalue weighted by Crippen LogP contribution is -2.50. The number of phosphoric acid groups is 2. The molecule has 0 aliphatic carbocycles. The van der Waals surface area contributed by atoms with E-state index in [1.165, 1.54) is 87.6 Å². The Bertz CT molecular complexity index is 944. The number of hydrogen-bond donors (Lipinski definition) is 2. The first-order valence-corrected chi connectivity index (χ1v) is 19.7. The van der Waals surface area contributed by atoms with Gasteiger partial charge in [0.2, 0.25) is 0 Å². The van der Waals surface area contributed by atoms with Crippen LogP contribution in [0.4, 0.5) is 0 Å². The molecule has 0 bridgehead atoms. The normalized spacial score (nSPS) is 15.5. The fourth-order valence-corrected chi connectivity index (χ4v) is 6.19. The van der Waals surface area contributed by atoms with E-state index in [4.69, 9.17) is 20.9 Å². The molecule has 2 atom stereocenters. The van der Waals surface area contributed by atoms with E-state index in [0.29, 0.717) is 19.6 Å². The predicted molar refractivity (Wildman–Crippen MR) is 185 cm³/mol. The Morgan fingerprint density at radius 2 is 1.20 bits per heavy atom. The van der Waals surface area contributed by atoms with Crippen molar-refractivity contribution in [2.45, 2.75) is 126 Å². The predicted octanol–water partition coefficient (Wildman–Crippen LogP) is 8.63. The maximum Gasteiger partial charge on any atom is 0.479 e. The van der Waals surface area contributed by atoms with E-state index in [2.05, 4.69) is 61.5 Å². The topological polar surface area (TPSA) is 125 Å². The zero-order chi connectivity index (χ0) is 34.6. The summed E-state index contributed by atoms with van der Waals surface area (Å²) >= 11 is 0. The monoisotopic (exact) mass is 677 g/mol. The van der Waals surface area contributed by atoms with Crippen molar-refractivity contribution in [3.05, 3.63) is 34.9 Å². The Labute approximate surface area is 276 Å². The Morgan fingerprint density at radius 3 is 1.60 bits per heavy atom. The van der Waals surface area contributed by atoms with Crippen molar-refractivity contribution in [3.63, 3.8) is 0 Å². The molecule has 2 N–H and O–H groups in total. The van der Waals surface area contributed by atoms with E-state index in [-0.39, 0.29) is 6.61 Å². The Hall–Kier alpha value is -1.04. The Balaban J connectivity index is 0. The number of allylic oxidation sites excluding steroid dienone is 4. The molecule has 0 saturated carbocycles. The number of quaternary nitrogens is 1.